The topological polar surface area (TPSA) is 55.7 Å². The smallest absolute Gasteiger partial charge is 0.422 e. The lowest BCUT2D eigenvalue weighted by atomic mass is 10.2. The fourth-order valence-electron chi connectivity index (χ4n) is 2.07. The Labute approximate surface area is 150 Å². The molecule has 0 fully saturated rings. The number of hydrogen-bond donors (Lipinski definition) is 1. The lowest BCUT2D eigenvalue weighted by Gasteiger charge is -2.09. The number of nitrogens with one attached hydrogen (secondary N) is 1. The molecule has 0 aliphatic rings. The van der Waals surface area contributed by atoms with E-state index in [1.165, 1.54) is 12.3 Å². The molecule has 0 unspecified atom stereocenters. The number of H-pyrrole nitrogens is 1. The van der Waals surface area contributed by atoms with Crippen molar-refractivity contribution in [3.63, 3.8) is 0 Å². The minimum Gasteiger partial charge on any atom is -0.468 e. The van der Waals surface area contributed by atoms with Crippen molar-refractivity contribution >= 4 is 23.8 Å². The van der Waals surface area contributed by atoms with Gasteiger partial charge in [0.2, 0.25) is 5.88 Å². The zero-order valence-electron chi connectivity index (χ0n) is 12.4. The fraction of sp³-hybridized carbons (Fsp3) is 0.133. The van der Waals surface area contributed by atoms with E-state index < -0.39 is 12.8 Å². The molecule has 0 aliphatic heterocycles. The van der Waals surface area contributed by atoms with E-state index in [2.05, 4.69) is 19.9 Å². The Bertz CT molecular complexity index is 920. The minimum absolute atomic E-state index is 0.131. The van der Waals surface area contributed by atoms with Crippen LogP contribution in [0.4, 0.5) is 13.2 Å². The van der Waals surface area contributed by atoms with Gasteiger partial charge in [-0.05, 0) is 42.5 Å². The van der Waals surface area contributed by atoms with Crippen molar-refractivity contribution in [2.45, 2.75) is 6.18 Å². The molecule has 1 aromatic carbocycles. The summed E-state index contributed by atoms with van der Waals surface area (Å²) in [5.74, 6) is 0.329. The van der Waals surface area contributed by atoms with Crippen molar-refractivity contribution in [1.82, 2.24) is 19.7 Å². The van der Waals surface area contributed by atoms with Gasteiger partial charge in [-0.3, -0.25) is 9.67 Å². The van der Waals surface area contributed by atoms with E-state index in [0.717, 1.165) is 5.69 Å². The third-order valence-electron chi connectivity index (χ3n) is 3.14. The van der Waals surface area contributed by atoms with Crippen LogP contribution in [-0.4, -0.2) is 32.5 Å². The molecule has 0 amide bonds. The number of rotatable bonds is 4. The lowest BCUT2D eigenvalue weighted by molar-refractivity contribution is -0.154. The number of halogens is 4. The first-order chi connectivity index (χ1) is 11.8. The first-order valence-corrected chi connectivity index (χ1v) is 7.71. The summed E-state index contributed by atoms with van der Waals surface area (Å²) in [4.78, 5) is 3.87. The summed E-state index contributed by atoms with van der Waals surface area (Å²) >= 11 is 11.1. The van der Waals surface area contributed by atoms with Gasteiger partial charge in [0.15, 0.2) is 17.2 Å². The molecule has 3 aromatic rings. The molecule has 0 aliphatic carbocycles. The Morgan fingerprint density at radius 3 is 2.48 bits per heavy atom. The van der Waals surface area contributed by atoms with Crippen LogP contribution in [0.1, 0.15) is 0 Å². The second-order valence-electron chi connectivity index (χ2n) is 4.95. The average Bonchev–Trinajstić information content (AvgIpc) is 2.95. The summed E-state index contributed by atoms with van der Waals surface area (Å²) < 4.78 is 43.1. The first-order valence-electron chi connectivity index (χ1n) is 6.93. The standard InChI is InChI=1S/C15H10ClF3N4OS/c16-10-2-4-11(5-3-10)23-13(21-22-14(23)25)9-1-6-12(20-7-9)24-8-15(17,18)19/h1-7H,8H2,(H,22,25). The number of pyridine rings is 1. The van der Waals surface area contributed by atoms with Gasteiger partial charge in [0, 0.05) is 22.8 Å². The molecule has 0 bridgehead atoms. The van der Waals surface area contributed by atoms with Crippen LogP contribution < -0.4 is 4.74 Å². The number of ether oxygens (including phenoxy) is 1. The van der Waals surface area contributed by atoms with Gasteiger partial charge in [0.25, 0.3) is 0 Å². The summed E-state index contributed by atoms with van der Waals surface area (Å²) in [6.45, 7) is -1.40. The van der Waals surface area contributed by atoms with Gasteiger partial charge < -0.3 is 4.74 Å². The molecule has 0 atom stereocenters. The van der Waals surface area contributed by atoms with E-state index in [9.17, 15) is 13.2 Å². The van der Waals surface area contributed by atoms with Crippen molar-refractivity contribution < 1.29 is 17.9 Å². The zero-order valence-corrected chi connectivity index (χ0v) is 14.0. The van der Waals surface area contributed by atoms with Crippen molar-refractivity contribution in [2.75, 3.05) is 6.61 Å². The van der Waals surface area contributed by atoms with Crippen LogP contribution in [0.2, 0.25) is 5.02 Å². The van der Waals surface area contributed by atoms with Gasteiger partial charge in [0.1, 0.15) is 0 Å². The monoisotopic (exact) mass is 386 g/mol. The molecule has 2 aromatic heterocycles. The molecule has 0 spiro atoms. The van der Waals surface area contributed by atoms with Crippen molar-refractivity contribution in [2.24, 2.45) is 0 Å². The van der Waals surface area contributed by atoms with Gasteiger partial charge in [-0.15, -0.1) is 0 Å². The molecule has 1 N–H and O–H groups in total. The zero-order chi connectivity index (χ0) is 18.0. The van der Waals surface area contributed by atoms with E-state index in [4.69, 9.17) is 23.8 Å². The molecule has 10 heteroatoms. The molecule has 3 rings (SSSR count). The number of aromatic amines is 1. The van der Waals surface area contributed by atoms with E-state index in [-0.39, 0.29) is 5.88 Å². The summed E-state index contributed by atoms with van der Waals surface area (Å²) in [6, 6.07) is 9.85. The van der Waals surface area contributed by atoms with Crippen molar-refractivity contribution in [3.05, 3.63) is 52.4 Å². The van der Waals surface area contributed by atoms with Gasteiger partial charge in [-0.1, -0.05) is 11.6 Å². The molecule has 0 saturated heterocycles. The molecule has 5 nitrogen and oxygen atoms in total. The third-order valence-corrected chi connectivity index (χ3v) is 3.66. The van der Waals surface area contributed by atoms with Crippen LogP contribution in [-0.2, 0) is 0 Å². The molecule has 130 valence electrons. The second kappa shape index (κ2) is 6.85. The van der Waals surface area contributed by atoms with Crippen LogP contribution in [0.3, 0.4) is 0 Å². The Hall–Kier alpha value is -2.39. The Kier molecular flexibility index (Phi) is 4.78. The van der Waals surface area contributed by atoms with E-state index >= 15 is 0 Å². The molecule has 25 heavy (non-hydrogen) atoms. The Morgan fingerprint density at radius 2 is 1.88 bits per heavy atom. The first kappa shape index (κ1) is 17.4. The van der Waals surface area contributed by atoms with E-state index in [1.54, 1.807) is 34.9 Å². The normalized spacial score (nSPS) is 11.5. The maximum absolute atomic E-state index is 12.2. The number of alkyl halides is 3. The van der Waals surface area contributed by atoms with Crippen LogP contribution >= 0.6 is 23.8 Å². The van der Waals surface area contributed by atoms with E-state index in [0.29, 0.717) is 21.2 Å². The number of nitrogens with zero attached hydrogens (tertiary/aromatic N) is 3. The van der Waals surface area contributed by atoms with Gasteiger partial charge in [-0.2, -0.15) is 18.3 Å². The summed E-state index contributed by atoms with van der Waals surface area (Å²) in [7, 11) is 0. The third kappa shape index (κ3) is 4.18. The predicted molar refractivity (Wildman–Crippen MR) is 88.5 cm³/mol. The lowest BCUT2D eigenvalue weighted by Crippen LogP contribution is -2.19. The van der Waals surface area contributed by atoms with Gasteiger partial charge >= 0.3 is 6.18 Å². The number of hydrogen-bond acceptors (Lipinski definition) is 4. The second-order valence-corrected chi connectivity index (χ2v) is 5.78. The summed E-state index contributed by atoms with van der Waals surface area (Å²) in [5.41, 5.74) is 1.29. The highest BCUT2D eigenvalue weighted by molar-refractivity contribution is 7.71. The van der Waals surface area contributed by atoms with Crippen molar-refractivity contribution in [1.29, 1.82) is 0 Å². The van der Waals surface area contributed by atoms with E-state index in [1.807, 2.05) is 0 Å². The van der Waals surface area contributed by atoms with Crippen LogP contribution in [0.5, 0.6) is 5.88 Å². The predicted octanol–water partition coefficient (Wildman–Crippen LogP) is 4.59. The van der Waals surface area contributed by atoms with Crippen LogP contribution in [0, 0.1) is 4.77 Å². The largest absolute Gasteiger partial charge is 0.468 e. The maximum atomic E-state index is 12.2. The highest BCUT2D eigenvalue weighted by Gasteiger charge is 2.28. The average molecular weight is 387 g/mol. The molecule has 2 heterocycles. The van der Waals surface area contributed by atoms with Gasteiger partial charge in [-0.25, -0.2) is 4.98 Å². The van der Waals surface area contributed by atoms with Crippen molar-refractivity contribution in [3.8, 4) is 23.0 Å². The molecular formula is C15H10ClF3N4OS. The summed E-state index contributed by atoms with van der Waals surface area (Å²) in [5, 5.41) is 7.41. The van der Waals surface area contributed by atoms with Gasteiger partial charge in [0.05, 0.1) is 5.69 Å². The highest BCUT2D eigenvalue weighted by Crippen LogP contribution is 2.24. The SMILES string of the molecule is FC(F)(F)COc1ccc(-c2n[nH]c(=S)n2-c2ccc(Cl)cc2)cn1. The Balaban J connectivity index is 1.90. The Morgan fingerprint density at radius 1 is 1.16 bits per heavy atom. The molecular weight excluding hydrogens is 377 g/mol. The summed E-state index contributed by atoms with van der Waals surface area (Å²) in [6.07, 6.45) is -3.06. The highest BCUT2D eigenvalue weighted by atomic mass is 35.5. The quantitative estimate of drug-likeness (QED) is 0.666. The molecule has 0 radical (unpaired) electrons. The maximum Gasteiger partial charge on any atom is 0.422 e. The fourth-order valence-corrected chi connectivity index (χ4v) is 2.44. The van der Waals surface area contributed by atoms with Crippen LogP contribution in [0.15, 0.2) is 42.6 Å². The number of benzene rings is 1. The molecule has 0 saturated carbocycles. The number of aromatic nitrogens is 4. The minimum atomic E-state index is -4.42. The van der Waals surface area contributed by atoms with Crippen LogP contribution in [0.25, 0.3) is 17.1 Å².